The summed E-state index contributed by atoms with van der Waals surface area (Å²) in [6.07, 6.45) is 0. The third-order valence-corrected chi connectivity index (χ3v) is 3.96. The van der Waals surface area contributed by atoms with Gasteiger partial charge in [-0.3, -0.25) is 4.72 Å². The molecule has 8 heteroatoms. The van der Waals surface area contributed by atoms with Crippen LogP contribution in [-0.2, 0) is 10.0 Å². The van der Waals surface area contributed by atoms with E-state index in [2.05, 4.69) is 4.72 Å². The zero-order chi connectivity index (χ0) is 15.6. The van der Waals surface area contributed by atoms with Gasteiger partial charge in [0.1, 0.15) is 5.75 Å². The highest BCUT2D eigenvalue weighted by Crippen LogP contribution is 2.24. The van der Waals surface area contributed by atoms with Crippen LogP contribution < -0.4 is 9.46 Å². The van der Waals surface area contributed by atoms with Crippen LogP contribution in [0.2, 0.25) is 0 Å². The van der Waals surface area contributed by atoms with Crippen molar-refractivity contribution in [1.82, 2.24) is 0 Å². The minimum atomic E-state index is -3.98. The van der Waals surface area contributed by atoms with Gasteiger partial charge in [0.15, 0.2) is 0 Å². The number of benzene rings is 1. The average molecular weight is 311 g/mol. The highest BCUT2D eigenvalue weighted by atomic mass is 32.2. The lowest BCUT2D eigenvalue weighted by Gasteiger charge is -2.09. The Balaban J connectivity index is 2.28. The molecule has 0 unspecified atom stereocenters. The molecule has 0 bridgehead atoms. The number of hydrogen-bond donors (Lipinski definition) is 2. The number of anilines is 1. The molecular formula is C13H13NO6S. The smallest absolute Gasteiger partial charge is 0.371 e. The van der Waals surface area contributed by atoms with E-state index in [-0.39, 0.29) is 0 Å². The van der Waals surface area contributed by atoms with Crippen LogP contribution in [-0.4, -0.2) is 26.6 Å². The molecule has 0 spiro atoms. The van der Waals surface area contributed by atoms with E-state index in [1.165, 1.54) is 13.2 Å². The maximum absolute atomic E-state index is 12.1. The summed E-state index contributed by atoms with van der Waals surface area (Å²) < 4.78 is 36.3. The Hall–Kier alpha value is -2.48. The highest BCUT2D eigenvalue weighted by molar-refractivity contribution is 7.92. The van der Waals surface area contributed by atoms with Crippen LogP contribution in [0.3, 0.4) is 0 Å². The number of carboxylic acids is 1. The standard InChI is InChI=1S/C13H13NO6S/c1-8-7-9(3-4-10(8)19-2)14-21(17,18)12-6-5-11(20-12)13(15)16/h3-7,14H,1-2H3,(H,15,16). The van der Waals surface area contributed by atoms with Gasteiger partial charge >= 0.3 is 5.97 Å². The zero-order valence-corrected chi connectivity index (χ0v) is 12.1. The summed E-state index contributed by atoms with van der Waals surface area (Å²) in [7, 11) is -2.47. The molecule has 2 aromatic rings. The summed E-state index contributed by atoms with van der Waals surface area (Å²) in [6.45, 7) is 1.77. The van der Waals surface area contributed by atoms with E-state index in [4.69, 9.17) is 14.3 Å². The van der Waals surface area contributed by atoms with E-state index in [1.54, 1.807) is 19.1 Å². The second kappa shape index (κ2) is 5.49. The Kier molecular flexibility index (Phi) is 3.90. The summed E-state index contributed by atoms with van der Waals surface area (Å²) in [5, 5.41) is 8.26. The van der Waals surface area contributed by atoms with Crippen molar-refractivity contribution in [2.45, 2.75) is 12.0 Å². The number of methoxy groups -OCH3 is 1. The molecule has 1 aromatic carbocycles. The molecule has 0 aliphatic carbocycles. The Bertz CT molecular complexity index is 778. The summed E-state index contributed by atoms with van der Waals surface area (Å²) in [5.41, 5.74) is 1.07. The first kappa shape index (κ1) is 14.9. The number of aryl methyl sites for hydroxylation is 1. The molecule has 2 rings (SSSR count). The average Bonchev–Trinajstić information content (AvgIpc) is 2.89. The van der Waals surface area contributed by atoms with E-state index < -0.39 is 26.8 Å². The molecule has 0 radical (unpaired) electrons. The fourth-order valence-corrected chi connectivity index (χ4v) is 2.71. The lowest BCUT2D eigenvalue weighted by molar-refractivity contribution is 0.0656. The number of ether oxygens (including phenoxy) is 1. The molecule has 1 aromatic heterocycles. The predicted octanol–water partition coefficient (Wildman–Crippen LogP) is 2.10. The molecule has 0 saturated carbocycles. The lowest BCUT2D eigenvalue weighted by Crippen LogP contribution is -2.12. The first-order chi connectivity index (χ1) is 9.83. The minimum absolute atomic E-state index is 0.321. The Morgan fingerprint density at radius 2 is 2.00 bits per heavy atom. The van der Waals surface area contributed by atoms with Gasteiger partial charge in [0.05, 0.1) is 7.11 Å². The monoisotopic (exact) mass is 311 g/mol. The number of nitrogens with one attached hydrogen (secondary N) is 1. The molecule has 7 nitrogen and oxygen atoms in total. The van der Waals surface area contributed by atoms with Crippen LogP contribution in [0, 0.1) is 6.92 Å². The van der Waals surface area contributed by atoms with Crippen molar-refractivity contribution >= 4 is 21.7 Å². The van der Waals surface area contributed by atoms with E-state index in [9.17, 15) is 13.2 Å². The van der Waals surface area contributed by atoms with Gasteiger partial charge in [-0.1, -0.05) is 0 Å². The van der Waals surface area contributed by atoms with E-state index in [0.717, 1.165) is 17.7 Å². The molecule has 0 fully saturated rings. The van der Waals surface area contributed by atoms with Gasteiger partial charge in [-0.2, -0.15) is 8.42 Å². The largest absolute Gasteiger partial charge is 0.496 e. The van der Waals surface area contributed by atoms with Crippen molar-refractivity contribution in [3.63, 3.8) is 0 Å². The van der Waals surface area contributed by atoms with Gasteiger partial charge in [0.25, 0.3) is 10.0 Å². The molecule has 2 N–H and O–H groups in total. The third-order valence-electron chi connectivity index (χ3n) is 2.70. The summed E-state index contributed by atoms with van der Waals surface area (Å²) in [5.74, 6) is -1.15. The quantitative estimate of drug-likeness (QED) is 0.876. The molecule has 0 amide bonds. The molecule has 0 saturated heterocycles. The summed E-state index contributed by atoms with van der Waals surface area (Å²) in [4.78, 5) is 10.7. The predicted molar refractivity (Wildman–Crippen MR) is 74.2 cm³/mol. The Morgan fingerprint density at radius 1 is 1.29 bits per heavy atom. The molecule has 1 heterocycles. The second-order valence-corrected chi connectivity index (χ2v) is 5.83. The fourth-order valence-electron chi connectivity index (χ4n) is 1.73. The number of furan rings is 1. The molecule has 0 aliphatic heterocycles. The van der Waals surface area contributed by atoms with Crippen LogP contribution in [0.5, 0.6) is 5.75 Å². The van der Waals surface area contributed by atoms with E-state index >= 15 is 0 Å². The van der Waals surface area contributed by atoms with Crippen molar-refractivity contribution in [3.05, 3.63) is 41.7 Å². The van der Waals surface area contributed by atoms with Crippen molar-refractivity contribution in [1.29, 1.82) is 0 Å². The van der Waals surface area contributed by atoms with Gasteiger partial charge in [-0.05, 0) is 42.8 Å². The first-order valence-corrected chi connectivity index (χ1v) is 7.32. The number of aromatic carboxylic acids is 1. The summed E-state index contributed by atoms with van der Waals surface area (Å²) in [6, 6.07) is 6.91. The molecule has 0 atom stereocenters. The highest BCUT2D eigenvalue weighted by Gasteiger charge is 2.21. The summed E-state index contributed by atoms with van der Waals surface area (Å²) >= 11 is 0. The normalized spacial score (nSPS) is 11.1. The number of sulfonamides is 1. The van der Waals surface area contributed by atoms with Crippen LogP contribution in [0.4, 0.5) is 5.69 Å². The lowest BCUT2D eigenvalue weighted by atomic mass is 10.2. The van der Waals surface area contributed by atoms with Gasteiger partial charge in [-0.25, -0.2) is 4.79 Å². The van der Waals surface area contributed by atoms with Gasteiger partial charge in [-0.15, -0.1) is 0 Å². The van der Waals surface area contributed by atoms with Crippen molar-refractivity contribution in [2.75, 3.05) is 11.8 Å². The first-order valence-electron chi connectivity index (χ1n) is 5.84. The maximum Gasteiger partial charge on any atom is 0.371 e. The fraction of sp³-hybridized carbons (Fsp3) is 0.154. The molecule has 0 aliphatic rings. The van der Waals surface area contributed by atoms with E-state index in [0.29, 0.717) is 11.4 Å². The van der Waals surface area contributed by atoms with Gasteiger partial charge < -0.3 is 14.3 Å². The number of carboxylic acid groups (broad SMARTS) is 1. The van der Waals surface area contributed by atoms with Crippen LogP contribution in [0.15, 0.2) is 39.8 Å². The topological polar surface area (TPSA) is 106 Å². The molecule has 112 valence electrons. The number of carbonyl (C=O) groups is 1. The number of rotatable bonds is 5. The van der Waals surface area contributed by atoms with Gasteiger partial charge in [0, 0.05) is 5.69 Å². The maximum atomic E-state index is 12.1. The third kappa shape index (κ3) is 3.16. The Labute approximate surface area is 121 Å². The second-order valence-electron chi connectivity index (χ2n) is 4.21. The SMILES string of the molecule is COc1ccc(NS(=O)(=O)c2ccc(C(=O)O)o2)cc1C. The Morgan fingerprint density at radius 3 is 2.52 bits per heavy atom. The van der Waals surface area contributed by atoms with Crippen LogP contribution in [0.25, 0.3) is 0 Å². The minimum Gasteiger partial charge on any atom is -0.496 e. The van der Waals surface area contributed by atoms with Crippen LogP contribution in [0.1, 0.15) is 16.1 Å². The molecule has 21 heavy (non-hydrogen) atoms. The van der Waals surface area contributed by atoms with Crippen molar-refractivity contribution in [3.8, 4) is 5.75 Å². The van der Waals surface area contributed by atoms with Crippen molar-refractivity contribution in [2.24, 2.45) is 0 Å². The van der Waals surface area contributed by atoms with E-state index in [1.807, 2.05) is 0 Å². The van der Waals surface area contributed by atoms with Crippen molar-refractivity contribution < 1.29 is 27.5 Å². The van der Waals surface area contributed by atoms with Crippen LogP contribution >= 0.6 is 0 Å². The molecular weight excluding hydrogens is 298 g/mol. The van der Waals surface area contributed by atoms with Gasteiger partial charge in [0.2, 0.25) is 10.9 Å². The zero-order valence-electron chi connectivity index (χ0n) is 11.3. The number of hydrogen-bond acceptors (Lipinski definition) is 5.